The Kier molecular flexibility index (Phi) is 30.0. The molecule has 28 heavy (non-hydrogen) atoms. The largest absolute Gasteiger partial charge is 0.469 e. The highest BCUT2D eigenvalue weighted by molar-refractivity contribution is 5.68. The van der Waals surface area contributed by atoms with E-state index in [0.717, 1.165) is 6.42 Å². The van der Waals surface area contributed by atoms with Crippen LogP contribution in [0.1, 0.15) is 71.1 Å². The van der Waals surface area contributed by atoms with E-state index in [0.29, 0.717) is 46.1 Å². The first-order valence-electron chi connectivity index (χ1n) is 10.7. The number of carbonyl (C=O) groups is 1. The van der Waals surface area contributed by atoms with Crippen molar-refractivity contribution in [2.24, 2.45) is 0 Å². The van der Waals surface area contributed by atoms with Crippen LogP contribution in [0.2, 0.25) is 0 Å². The lowest BCUT2D eigenvalue weighted by Crippen LogP contribution is -2.11. The van der Waals surface area contributed by atoms with E-state index in [2.05, 4.69) is 11.7 Å². The van der Waals surface area contributed by atoms with Gasteiger partial charge >= 0.3 is 5.97 Å². The van der Waals surface area contributed by atoms with Gasteiger partial charge in [-0.05, 0) is 6.42 Å². The van der Waals surface area contributed by atoms with Gasteiger partial charge in [0.05, 0.1) is 60.0 Å². The minimum absolute atomic E-state index is 0.0413. The lowest BCUT2D eigenvalue weighted by Gasteiger charge is -2.04. The number of esters is 1. The van der Waals surface area contributed by atoms with E-state index in [-0.39, 0.29) is 19.2 Å². The number of unbranched alkanes of at least 4 members (excludes halogenated alkanes) is 8. The van der Waals surface area contributed by atoms with Gasteiger partial charge in [0.15, 0.2) is 0 Å². The summed E-state index contributed by atoms with van der Waals surface area (Å²) in [4.78, 5) is 10.8. The third-order valence-corrected chi connectivity index (χ3v) is 3.93. The molecular weight excluding hydrogens is 364 g/mol. The molecule has 7 nitrogen and oxygen atoms in total. The van der Waals surface area contributed by atoms with Crippen molar-refractivity contribution in [3.05, 3.63) is 0 Å². The van der Waals surface area contributed by atoms with Crippen LogP contribution in [0.15, 0.2) is 0 Å². The molecule has 0 aliphatic rings. The zero-order chi connectivity index (χ0) is 21.1. The second-order valence-corrected chi connectivity index (χ2v) is 6.44. The number of carbonyl (C=O) groups excluding carboxylic acids is 1. The number of ether oxygens (including phenoxy) is 4. The van der Waals surface area contributed by atoms with E-state index < -0.39 is 0 Å². The van der Waals surface area contributed by atoms with Crippen molar-refractivity contribution < 1.29 is 34.0 Å². The van der Waals surface area contributed by atoms with E-state index in [1.807, 2.05) is 0 Å². The van der Waals surface area contributed by atoms with Gasteiger partial charge in [-0.3, -0.25) is 4.79 Å². The third-order valence-electron chi connectivity index (χ3n) is 3.93. The monoisotopic (exact) mass is 408 g/mol. The van der Waals surface area contributed by atoms with Crippen molar-refractivity contribution in [2.75, 3.05) is 60.0 Å². The molecule has 0 unspecified atom stereocenters. The van der Waals surface area contributed by atoms with E-state index in [9.17, 15) is 4.79 Å². The first kappa shape index (κ1) is 29.5. The van der Waals surface area contributed by atoms with Crippen LogP contribution < -0.4 is 0 Å². The summed E-state index contributed by atoms with van der Waals surface area (Å²) in [5, 5.41) is 16.7. The highest BCUT2D eigenvalue weighted by Crippen LogP contribution is 2.10. The van der Waals surface area contributed by atoms with Gasteiger partial charge in [-0.25, -0.2) is 0 Å². The molecule has 0 fully saturated rings. The normalized spacial score (nSPS) is 10.4. The summed E-state index contributed by atoms with van der Waals surface area (Å²) >= 11 is 0. The van der Waals surface area contributed by atoms with E-state index >= 15 is 0 Å². The maximum Gasteiger partial charge on any atom is 0.305 e. The average molecular weight is 409 g/mol. The Morgan fingerprint density at radius 1 is 0.643 bits per heavy atom. The first-order chi connectivity index (χ1) is 13.7. The second-order valence-electron chi connectivity index (χ2n) is 6.44. The van der Waals surface area contributed by atoms with Crippen LogP contribution in [0.5, 0.6) is 0 Å². The van der Waals surface area contributed by atoms with E-state index in [1.54, 1.807) is 0 Å². The number of methoxy groups -OCH3 is 1. The fourth-order valence-electron chi connectivity index (χ4n) is 2.35. The Bertz CT molecular complexity index is 278. The number of rotatable bonds is 20. The van der Waals surface area contributed by atoms with Gasteiger partial charge in [0.25, 0.3) is 0 Å². The average Bonchev–Trinajstić information content (AvgIpc) is 2.71. The summed E-state index contributed by atoms with van der Waals surface area (Å²) in [6.45, 7) is 5.01. The summed E-state index contributed by atoms with van der Waals surface area (Å²) < 4.78 is 19.6. The lowest BCUT2D eigenvalue weighted by atomic mass is 10.1. The Hall–Kier alpha value is -0.730. The molecule has 170 valence electrons. The molecule has 0 rings (SSSR count). The summed E-state index contributed by atoms with van der Waals surface area (Å²) in [6, 6.07) is 0. The van der Waals surface area contributed by atoms with Crippen LogP contribution >= 0.6 is 0 Å². The van der Waals surface area contributed by atoms with Gasteiger partial charge in [0, 0.05) is 6.42 Å². The Labute approximate surface area is 171 Å². The molecule has 0 aromatic carbocycles. The van der Waals surface area contributed by atoms with Crippen LogP contribution in [0.3, 0.4) is 0 Å². The SMILES string of the molecule is CCCCCCCCCCCC(=O)OC.OCCOCCOCCOCCO. The summed E-state index contributed by atoms with van der Waals surface area (Å²) in [5.74, 6) is -0.0713. The second kappa shape index (κ2) is 28.5. The molecule has 0 heterocycles. The molecule has 0 atom stereocenters. The molecule has 0 bridgehead atoms. The highest BCUT2D eigenvalue weighted by atomic mass is 16.5. The Morgan fingerprint density at radius 2 is 1.04 bits per heavy atom. The zero-order valence-corrected chi connectivity index (χ0v) is 18.2. The molecule has 0 aliphatic carbocycles. The third kappa shape index (κ3) is 30.0. The van der Waals surface area contributed by atoms with Gasteiger partial charge in [-0.1, -0.05) is 58.3 Å². The van der Waals surface area contributed by atoms with Crippen molar-refractivity contribution in [2.45, 2.75) is 71.1 Å². The van der Waals surface area contributed by atoms with Crippen molar-refractivity contribution in [3.8, 4) is 0 Å². The molecule has 7 heteroatoms. The fourth-order valence-corrected chi connectivity index (χ4v) is 2.35. The molecular formula is C21H44O7. The lowest BCUT2D eigenvalue weighted by molar-refractivity contribution is -0.140. The zero-order valence-electron chi connectivity index (χ0n) is 18.2. The Morgan fingerprint density at radius 3 is 1.43 bits per heavy atom. The molecule has 2 N–H and O–H groups in total. The molecule has 0 spiro atoms. The van der Waals surface area contributed by atoms with Gasteiger partial charge in [0.2, 0.25) is 0 Å². The van der Waals surface area contributed by atoms with Crippen molar-refractivity contribution in [3.63, 3.8) is 0 Å². The number of hydrogen-bond acceptors (Lipinski definition) is 7. The van der Waals surface area contributed by atoms with Gasteiger partial charge < -0.3 is 29.2 Å². The minimum Gasteiger partial charge on any atom is -0.469 e. The van der Waals surface area contributed by atoms with Crippen molar-refractivity contribution in [1.29, 1.82) is 0 Å². The minimum atomic E-state index is -0.0713. The predicted molar refractivity (Wildman–Crippen MR) is 110 cm³/mol. The molecule has 0 radical (unpaired) electrons. The molecule has 0 aliphatic heterocycles. The number of aliphatic hydroxyl groups excluding tert-OH is 2. The van der Waals surface area contributed by atoms with Crippen LogP contribution in [0.4, 0.5) is 0 Å². The number of hydrogen-bond donors (Lipinski definition) is 2. The van der Waals surface area contributed by atoms with E-state index in [4.69, 9.17) is 24.4 Å². The molecule has 0 amide bonds. The Balaban J connectivity index is 0. The molecule has 0 saturated carbocycles. The van der Waals surface area contributed by atoms with Crippen molar-refractivity contribution in [1.82, 2.24) is 0 Å². The van der Waals surface area contributed by atoms with Gasteiger partial charge in [0.1, 0.15) is 0 Å². The van der Waals surface area contributed by atoms with Crippen LogP contribution in [0, 0.1) is 0 Å². The quantitative estimate of drug-likeness (QED) is 0.236. The smallest absolute Gasteiger partial charge is 0.305 e. The molecule has 0 saturated heterocycles. The summed E-state index contributed by atoms with van der Waals surface area (Å²) in [6.07, 6.45) is 12.2. The predicted octanol–water partition coefficient (Wildman–Crippen LogP) is 3.10. The maximum absolute atomic E-state index is 10.8. The summed E-state index contributed by atoms with van der Waals surface area (Å²) in [5.41, 5.74) is 0. The summed E-state index contributed by atoms with van der Waals surface area (Å²) in [7, 11) is 1.45. The highest BCUT2D eigenvalue weighted by Gasteiger charge is 1.98. The standard InChI is InChI=1S/C13H26O2.C8H18O5/c1-3-4-5-6-7-8-9-10-11-12-13(14)15-2;9-1-3-11-5-7-13-8-6-12-4-2-10/h3-12H2,1-2H3;9-10H,1-8H2. The van der Waals surface area contributed by atoms with Crippen molar-refractivity contribution >= 4 is 5.97 Å². The molecule has 0 aromatic rings. The first-order valence-corrected chi connectivity index (χ1v) is 10.7. The topological polar surface area (TPSA) is 94.5 Å². The van der Waals surface area contributed by atoms with Gasteiger partial charge in [-0.15, -0.1) is 0 Å². The van der Waals surface area contributed by atoms with Crippen LogP contribution in [-0.4, -0.2) is 76.1 Å². The maximum atomic E-state index is 10.8. The fraction of sp³-hybridized carbons (Fsp3) is 0.952. The number of aliphatic hydroxyl groups is 2. The van der Waals surface area contributed by atoms with Crippen LogP contribution in [0.25, 0.3) is 0 Å². The van der Waals surface area contributed by atoms with E-state index in [1.165, 1.54) is 58.5 Å². The van der Waals surface area contributed by atoms with Gasteiger partial charge in [-0.2, -0.15) is 0 Å². The van der Waals surface area contributed by atoms with Crippen LogP contribution in [-0.2, 0) is 23.7 Å². The molecule has 0 aromatic heterocycles.